The lowest BCUT2D eigenvalue weighted by Crippen LogP contribution is -2.55. The molecule has 4 saturated carbocycles. The minimum Gasteiger partial charge on any atom is -0.403 e. The van der Waals surface area contributed by atoms with Crippen LogP contribution >= 0.6 is 0 Å². The van der Waals surface area contributed by atoms with E-state index in [1.807, 2.05) is 19.1 Å². The zero-order valence-electron chi connectivity index (χ0n) is 23.4. The molecule has 0 amide bonds. The van der Waals surface area contributed by atoms with Gasteiger partial charge in [-0.1, -0.05) is 29.8 Å². The minimum absolute atomic E-state index is 0.259. The molecule has 1 atom stereocenters. The van der Waals surface area contributed by atoms with E-state index in [9.17, 15) is 8.42 Å². The van der Waals surface area contributed by atoms with Crippen LogP contribution in [-0.2, 0) is 19.3 Å². The van der Waals surface area contributed by atoms with E-state index in [4.69, 9.17) is 9.31 Å². The van der Waals surface area contributed by atoms with Crippen LogP contribution in [0.25, 0.3) is 0 Å². The molecule has 2 heterocycles. The second-order valence-corrected chi connectivity index (χ2v) is 16.5. The fourth-order valence-electron chi connectivity index (χ4n) is 9.00. The summed E-state index contributed by atoms with van der Waals surface area (Å²) >= 11 is 0. The van der Waals surface area contributed by atoms with Gasteiger partial charge in [-0.3, -0.25) is 0 Å². The molecule has 0 radical (unpaired) electrons. The highest BCUT2D eigenvalue weighted by Gasteiger charge is 2.64. The van der Waals surface area contributed by atoms with Crippen LogP contribution in [-0.4, -0.2) is 44.1 Å². The highest BCUT2D eigenvalue weighted by atomic mass is 32.2. The monoisotopic (exact) mass is 525 g/mol. The van der Waals surface area contributed by atoms with Crippen LogP contribution in [0.3, 0.4) is 0 Å². The topological polar surface area (TPSA) is 55.8 Å². The summed E-state index contributed by atoms with van der Waals surface area (Å²) in [6.45, 7) is 15.6. The summed E-state index contributed by atoms with van der Waals surface area (Å²) in [5, 5.41) is -0.455. The van der Waals surface area contributed by atoms with E-state index in [0.717, 1.165) is 41.7 Å². The Kier molecular flexibility index (Phi) is 5.94. The summed E-state index contributed by atoms with van der Waals surface area (Å²) < 4.78 is 43.1. The first-order chi connectivity index (χ1) is 17.2. The molecular weight excluding hydrogens is 481 g/mol. The first kappa shape index (κ1) is 26.1. The van der Waals surface area contributed by atoms with E-state index < -0.39 is 33.7 Å². The lowest BCUT2D eigenvalue weighted by molar-refractivity contribution is -0.0677. The van der Waals surface area contributed by atoms with E-state index in [1.165, 1.54) is 38.5 Å². The van der Waals surface area contributed by atoms with Crippen molar-refractivity contribution in [3.63, 3.8) is 0 Å². The summed E-state index contributed by atoms with van der Waals surface area (Å²) in [5.41, 5.74) is 1.34. The Morgan fingerprint density at radius 1 is 0.946 bits per heavy atom. The van der Waals surface area contributed by atoms with Crippen molar-refractivity contribution in [3.05, 3.63) is 42.0 Å². The molecule has 7 heteroatoms. The SMILES string of the molecule is C=C1CN(S(=O)(=O)c2ccc(C)cc2)CC(CC23CC4CC(CC(C4)C2)C3)(B2OC(C)(C)C(C)(C)O2)C1. The standard InChI is InChI=1S/C30H44BNO4S/c1-21-7-9-26(10-8-21)37(33,34)32-18-22(2)14-30(20-32,31-35-27(3,4)28(5,6)36-31)19-29-15-23-11-24(16-29)13-25(12-23)17-29/h7-10,23-25H,2,11-20H2,1,3-6H3. The van der Waals surface area contributed by atoms with Gasteiger partial charge in [-0.05, 0) is 121 Å². The summed E-state index contributed by atoms with van der Waals surface area (Å²) in [5.74, 6) is 2.50. The lowest BCUT2D eigenvalue weighted by Gasteiger charge is -2.60. The molecule has 2 saturated heterocycles. The molecule has 2 aliphatic heterocycles. The molecule has 1 aromatic carbocycles. The molecule has 4 aliphatic carbocycles. The van der Waals surface area contributed by atoms with E-state index in [-0.39, 0.29) is 5.41 Å². The van der Waals surface area contributed by atoms with Crippen molar-refractivity contribution in [2.45, 2.75) is 107 Å². The number of rotatable bonds is 5. The lowest BCUT2D eigenvalue weighted by atomic mass is 9.41. The Morgan fingerprint density at radius 2 is 1.46 bits per heavy atom. The van der Waals surface area contributed by atoms with Gasteiger partial charge in [0.2, 0.25) is 10.0 Å². The Hall–Kier alpha value is -1.15. The molecule has 5 nitrogen and oxygen atoms in total. The van der Waals surface area contributed by atoms with Gasteiger partial charge in [-0.2, -0.15) is 4.31 Å². The maximum Gasteiger partial charge on any atom is 0.466 e. The first-order valence-electron chi connectivity index (χ1n) is 14.3. The zero-order chi connectivity index (χ0) is 26.4. The Balaban J connectivity index is 1.39. The summed E-state index contributed by atoms with van der Waals surface area (Å²) in [4.78, 5) is 0.352. The molecule has 7 rings (SSSR count). The van der Waals surface area contributed by atoms with Gasteiger partial charge in [0.1, 0.15) is 0 Å². The largest absolute Gasteiger partial charge is 0.466 e. The van der Waals surface area contributed by atoms with Crippen molar-refractivity contribution in [1.29, 1.82) is 0 Å². The average molecular weight is 526 g/mol. The van der Waals surface area contributed by atoms with Gasteiger partial charge < -0.3 is 9.31 Å². The number of hydrogen-bond acceptors (Lipinski definition) is 4. The Labute approximate surface area is 224 Å². The Morgan fingerprint density at radius 3 is 1.97 bits per heavy atom. The molecular formula is C30H44BNO4S. The normalized spacial score (nSPS) is 38.9. The van der Waals surface area contributed by atoms with Gasteiger partial charge in [-0.15, -0.1) is 0 Å². The average Bonchev–Trinajstić information content (AvgIpc) is 3.00. The van der Waals surface area contributed by atoms with Crippen molar-refractivity contribution in [2.24, 2.45) is 23.2 Å². The zero-order valence-corrected chi connectivity index (χ0v) is 24.2. The number of piperidine rings is 1. The number of hydrogen-bond donors (Lipinski definition) is 0. The van der Waals surface area contributed by atoms with Gasteiger partial charge in [0.15, 0.2) is 0 Å². The molecule has 0 aromatic heterocycles. The van der Waals surface area contributed by atoms with Crippen LogP contribution < -0.4 is 0 Å². The Bertz CT molecular complexity index is 1140. The molecule has 1 unspecified atom stereocenters. The smallest absolute Gasteiger partial charge is 0.403 e. The molecule has 0 N–H and O–H groups in total. The van der Waals surface area contributed by atoms with Crippen molar-refractivity contribution in [1.82, 2.24) is 4.31 Å². The van der Waals surface area contributed by atoms with E-state index in [0.29, 0.717) is 18.0 Å². The highest BCUT2D eigenvalue weighted by Crippen LogP contribution is 2.66. The molecule has 6 aliphatic rings. The second kappa shape index (κ2) is 8.43. The minimum atomic E-state index is -3.67. The highest BCUT2D eigenvalue weighted by molar-refractivity contribution is 7.89. The predicted molar refractivity (Wildman–Crippen MR) is 148 cm³/mol. The first-order valence-corrected chi connectivity index (χ1v) is 15.7. The fraction of sp³-hybridized carbons (Fsp3) is 0.733. The van der Waals surface area contributed by atoms with Crippen molar-refractivity contribution >= 4 is 17.1 Å². The van der Waals surface area contributed by atoms with Crippen LogP contribution in [0, 0.1) is 30.1 Å². The third-order valence-electron chi connectivity index (χ3n) is 10.8. The van der Waals surface area contributed by atoms with Crippen LogP contribution in [0.1, 0.15) is 84.6 Å². The van der Waals surface area contributed by atoms with Gasteiger partial charge in [0.25, 0.3) is 0 Å². The van der Waals surface area contributed by atoms with Gasteiger partial charge in [0, 0.05) is 18.4 Å². The summed E-state index contributed by atoms with van der Waals surface area (Å²) in [7, 11) is -4.13. The quantitative estimate of drug-likeness (QED) is 0.331. The van der Waals surface area contributed by atoms with E-state index >= 15 is 0 Å². The maximum atomic E-state index is 14.0. The van der Waals surface area contributed by atoms with E-state index in [1.54, 1.807) is 16.4 Å². The second-order valence-electron chi connectivity index (χ2n) is 14.6. The third kappa shape index (κ3) is 4.36. The number of sulfonamides is 1. The molecule has 0 spiro atoms. The van der Waals surface area contributed by atoms with E-state index in [2.05, 4.69) is 34.3 Å². The number of benzene rings is 1. The molecule has 37 heavy (non-hydrogen) atoms. The van der Waals surface area contributed by atoms with Crippen molar-refractivity contribution in [2.75, 3.05) is 13.1 Å². The fourth-order valence-corrected chi connectivity index (χ4v) is 10.6. The maximum absolute atomic E-state index is 14.0. The molecule has 1 aromatic rings. The molecule has 6 fully saturated rings. The van der Waals surface area contributed by atoms with Crippen LogP contribution in [0.2, 0.25) is 5.31 Å². The summed E-state index contributed by atoms with van der Waals surface area (Å²) in [6, 6.07) is 7.22. The van der Waals surface area contributed by atoms with Crippen LogP contribution in [0.15, 0.2) is 41.3 Å². The van der Waals surface area contributed by atoms with Gasteiger partial charge in [-0.25, -0.2) is 8.42 Å². The van der Waals surface area contributed by atoms with Gasteiger partial charge in [0.05, 0.1) is 16.1 Å². The number of nitrogens with zero attached hydrogens (tertiary/aromatic N) is 1. The van der Waals surface area contributed by atoms with Crippen LogP contribution in [0.4, 0.5) is 0 Å². The third-order valence-corrected chi connectivity index (χ3v) is 12.6. The number of aryl methyl sites for hydroxylation is 1. The summed E-state index contributed by atoms with van der Waals surface area (Å²) in [6.07, 6.45) is 9.72. The van der Waals surface area contributed by atoms with Crippen molar-refractivity contribution in [3.8, 4) is 0 Å². The molecule has 202 valence electrons. The van der Waals surface area contributed by atoms with Crippen molar-refractivity contribution < 1.29 is 17.7 Å². The van der Waals surface area contributed by atoms with Crippen LogP contribution in [0.5, 0.6) is 0 Å². The molecule has 4 bridgehead atoms. The van der Waals surface area contributed by atoms with Gasteiger partial charge >= 0.3 is 7.12 Å². The predicted octanol–water partition coefficient (Wildman–Crippen LogP) is 6.38.